The van der Waals surface area contributed by atoms with Crippen LogP contribution in [0, 0.1) is 5.82 Å². The number of anilines is 3. The van der Waals surface area contributed by atoms with Crippen LogP contribution in [-0.2, 0) is 17.9 Å². The number of nitrogens with zero attached hydrogens (tertiary/aromatic N) is 1. The molecule has 230 valence electrons. The van der Waals surface area contributed by atoms with Gasteiger partial charge in [-0.05, 0) is 65.6 Å². The molecule has 0 spiro atoms. The number of nitrogens with two attached hydrogens (primary N) is 1. The average Bonchev–Trinajstić information content (AvgIpc) is 3.07. The molecule has 0 aliphatic heterocycles. The van der Waals surface area contributed by atoms with Crippen LogP contribution in [-0.4, -0.2) is 18.4 Å². The van der Waals surface area contributed by atoms with Crippen LogP contribution in [0.2, 0.25) is 0 Å². The number of hydrogen-bond acceptors (Lipinski definition) is 4. The van der Waals surface area contributed by atoms with Crippen molar-refractivity contribution in [3.8, 4) is 11.1 Å². The van der Waals surface area contributed by atoms with Gasteiger partial charge in [0.15, 0.2) is 0 Å². The first-order valence-electron chi connectivity index (χ1n) is 14.6. The van der Waals surface area contributed by atoms with Crippen molar-refractivity contribution in [3.05, 3.63) is 150 Å². The second-order valence-corrected chi connectivity index (χ2v) is 10.4. The first kappa shape index (κ1) is 32.9. The van der Waals surface area contributed by atoms with E-state index in [9.17, 15) is 14.0 Å². The van der Waals surface area contributed by atoms with Gasteiger partial charge in [0.2, 0.25) is 5.91 Å². The molecule has 8 heteroatoms. The molecule has 45 heavy (non-hydrogen) atoms. The second-order valence-electron chi connectivity index (χ2n) is 10.4. The van der Waals surface area contributed by atoms with E-state index in [1.165, 1.54) is 6.07 Å². The molecule has 0 bridgehead atoms. The maximum absolute atomic E-state index is 14.0. The van der Waals surface area contributed by atoms with E-state index in [0.717, 1.165) is 28.1 Å². The lowest BCUT2D eigenvalue weighted by molar-refractivity contribution is -0.121. The van der Waals surface area contributed by atoms with Crippen molar-refractivity contribution in [2.45, 2.75) is 25.9 Å². The van der Waals surface area contributed by atoms with Gasteiger partial charge in [-0.25, -0.2) is 4.39 Å². The summed E-state index contributed by atoms with van der Waals surface area (Å²) in [5.74, 6) is -0.743. The fourth-order valence-corrected chi connectivity index (χ4v) is 4.94. The molecule has 0 unspecified atom stereocenters. The molecule has 2 amide bonds. The van der Waals surface area contributed by atoms with Gasteiger partial charge in [0.25, 0.3) is 5.91 Å². The zero-order valence-electron chi connectivity index (χ0n) is 24.8. The van der Waals surface area contributed by atoms with Crippen molar-refractivity contribution < 1.29 is 14.0 Å². The molecule has 5 aromatic carbocycles. The van der Waals surface area contributed by atoms with Gasteiger partial charge in [-0.2, -0.15) is 0 Å². The Morgan fingerprint density at radius 2 is 1.38 bits per heavy atom. The van der Waals surface area contributed by atoms with Crippen LogP contribution in [0.25, 0.3) is 11.1 Å². The van der Waals surface area contributed by atoms with Crippen molar-refractivity contribution in [1.29, 1.82) is 0 Å². The number of benzene rings is 5. The van der Waals surface area contributed by atoms with Crippen molar-refractivity contribution in [2.24, 2.45) is 5.73 Å². The quantitative estimate of drug-likeness (QED) is 0.132. The smallest absolute Gasteiger partial charge is 0.258 e. The highest BCUT2D eigenvalue weighted by Crippen LogP contribution is 2.31. The van der Waals surface area contributed by atoms with Gasteiger partial charge in [0.05, 0.1) is 11.4 Å². The maximum Gasteiger partial charge on any atom is 0.258 e. The summed E-state index contributed by atoms with van der Waals surface area (Å²) in [7, 11) is 0. The molecule has 0 heterocycles. The van der Waals surface area contributed by atoms with Crippen LogP contribution >= 0.6 is 12.4 Å². The summed E-state index contributed by atoms with van der Waals surface area (Å²) in [6.07, 6.45) is 0.595. The first-order chi connectivity index (χ1) is 21.5. The van der Waals surface area contributed by atoms with Gasteiger partial charge in [0, 0.05) is 42.9 Å². The number of amides is 2. The molecular weight excluding hydrogens is 587 g/mol. The standard InChI is InChI=1S/C37H35FN4O2.ClH/c38-33-12-5-4-11-31(33)26-40-36(43)15-8-24-42(37(44)30-20-18-29(19-21-30)28-9-2-1-3-10-28)35-14-7-6-13-34(35)41-32-22-16-27(25-39)17-23-32;/h1-7,9-14,16-23,41H,8,15,24-26,39H2,(H,40,43);1H. The minimum absolute atomic E-state index is 0. The molecule has 0 aliphatic rings. The highest BCUT2D eigenvalue weighted by atomic mass is 35.5. The Morgan fingerprint density at radius 1 is 0.733 bits per heavy atom. The lowest BCUT2D eigenvalue weighted by Crippen LogP contribution is -2.33. The summed E-state index contributed by atoms with van der Waals surface area (Å²) in [5.41, 5.74) is 12.1. The Bertz CT molecular complexity index is 1700. The van der Waals surface area contributed by atoms with Crippen molar-refractivity contribution in [3.63, 3.8) is 0 Å². The van der Waals surface area contributed by atoms with E-state index < -0.39 is 0 Å². The van der Waals surface area contributed by atoms with E-state index in [1.54, 1.807) is 23.1 Å². The largest absolute Gasteiger partial charge is 0.354 e. The molecule has 6 nitrogen and oxygen atoms in total. The number of halogens is 2. The molecule has 5 aromatic rings. The van der Waals surface area contributed by atoms with E-state index in [-0.39, 0.29) is 43.0 Å². The second kappa shape index (κ2) is 16.2. The summed E-state index contributed by atoms with van der Waals surface area (Å²) in [6.45, 7) is 0.866. The Balaban J connectivity index is 0.00000461. The zero-order valence-corrected chi connectivity index (χ0v) is 25.6. The van der Waals surface area contributed by atoms with E-state index in [4.69, 9.17) is 5.73 Å². The van der Waals surface area contributed by atoms with Gasteiger partial charge >= 0.3 is 0 Å². The van der Waals surface area contributed by atoms with Crippen LogP contribution < -0.4 is 21.3 Å². The van der Waals surface area contributed by atoms with E-state index in [2.05, 4.69) is 10.6 Å². The van der Waals surface area contributed by atoms with Gasteiger partial charge in [-0.3, -0.25) is 9.59 Å². The highest BCUT2D eigenvalue weighted by molar-refractivity contribution is 6.08. The first-order valence-corrected chi connectivity index (χ1v) is 14.6. The van der Waals surface area contributed by atoms with Crippen LogP contribution in [0.4, 0.5) is 21.5 Å². The van der Waals surface area contributed by atoms with Crippen molar-refractivity contribution >= 4 is 41.3 Å². The van der Waals surface area contributed by atoms with Crippen molar-refractivity contribution in [1.82, 2.24) is 5.32 Å². The Morgan fingerprint density at radius 3 is 2.09 bits per heavy atom. The molecule has 0 atom stereocenters. The maximum atomic E-state index is 14.0. The third-order valence-electron chi connectivity index (χ3n) is 7.37. The third-order valence-corrected chi connectivity index (χ3v) is 7.37. The minimum Gasteiger partial charge on any atom is -0.354 e. The monoisotopic (exact) mass is 622 g/mol. The van der Waals surface area contributed by atoms with Gasteiger partial charge in [-0.1, -0.05) is 84.9 Å². The topological polar surface area (TPSA) is 87.5 Å². The summed E-state index contributed by atoms with van der Waals surface area (Å²) in [4.78, 5) is 28.4. The Labute approximate surface area is 269 Å². The van der Waals surface area contributed by atoms with Gasteiger partial charge in [0.1, 0.15) is 5.82 Å². The highest BCUT2D eigenvalue weighted by Gasteiger charge is 2.21. The Hall–Kier alpha value is -4.98. The molecule has 5 rings (SSSR count). The molecule has 0 saturated heterocycles. The number of nitrogens with one attached hydrogen (secondary N) is 2. The summed E-state index contributed by atoms with van der Waals surface area (Å²) in [6, 6.07) is 39.4. The lowest BCUT2D eigenvalue weighted by atomic mass is 10.0. The SMILES string of the molecule is Cl.NCc1ccc(Nc2ccccc2N(CCCC(=O)NCc2ccccc2F)C(=O)c2ccc(-c3ccccc3)cc2)cc1. The van der Waals surface area contributed by atoms with E-state index >= 15 is 0 Å². The van der Waals surface area contributed by atoms with Gasteiger partial charge < -0.3 is 21.3 Å². The fraction of sp³-hybridized carbons (Fsp3) is 0.135. The number of para-hydroxylation sites is 2. The van der Waals surface area contributed by atoms with Crippen LogP contribution in [0.1, 0.15) is 34.3 Å². The molecule has 0 fully saturated rings. The number of carbonyl (C=O) groups is 2. The third kappa shape index (κ3) is 8.79. The van der Waals surface area contributed by atoms with Gasteiger partial charge in [-0.15, -0.1) is 12.4 Å². The Kier molecular flexibility index (Phi) is 11.8. The number of carbonyl (C=O) groups excluding carboxylic acids is 2. The number of rotatable bonds is 12. The zero-order chi connectivity index (χ0) is 30.7. The van der Waals surface area contributed by atoms with E-state index in [1.807, 2.05) is 103 Å². The predicted octanol–water partition coefficient (Wildman–Crippen LogP) is 7.86. The summed E-state index contributed by atoms with van der Waals surface area (Å²) < 4.78 is 14.0. The van der Waals surface area contributed by atoms with Crippen LogP contribution in [0.3, 0.4) is 0 Å². The summed E-state index contributed by atoms with van der Waals surface area (Å²) >= 11 is 0. The molecule has 0 aromatic heterocycles. The molecular formula is C37H36ClFN4O2. The molecule has 0 saturated carbocycles. The molecule has 0 aliphatic carbocycles. The number of hydrogen-bond donors (Lipinski definition) is 3. The van der Waals surface area contributed by atoms with Crippen LogP contribution in [0.15, 0.2) is 127 Å². The molecule has 4 N–H and O–H groups in total. The summed E-state index contributed by atoms with van der Waals surface area (Å²) in [5, 5.41) is 6.22. The predicted molar refractivity (Wildman–Crippen MR) is 182 cm³/mol. The average molecular weight is 623 g/mol. The fourth-order valence-electron chi connectivity index (χ4n) is 4.94. The normalized spacial score (nSPS) is 10.4. The van der Waals surface area contributed by atoms with E-state index in [0.29, 0.717) is 36.3 Å². The molecule has 0 radical (unpaired) electrons. The van der Waals surface area contributed by atoms with Crippen LogP contribution in [0.5, 0.6) is 0 Å². The minimum atomic E-state index is -0.357. The van der Waals surface area contributed by atoms with Crippen molar-refractivity contribution in [2.75, 3.05) is 16.8 Å². The lowest BCUT2D eigenvalue weighted by Gasteiger charge is -2.26.